The monoisotopic (exact) mass is 363 g/mol. The standard InChI is InChI=1S/C17H18FN3O3S/c1-11-8-9-13(10-14(11)18)19-17-20-15-6-4-5-7-16(15)25(22,23)21(17)12(2)24-3/h4-10,12H,1-3H3,(H,19,20). The summed E-state index contributed by atoms with van der Waals surface area (Å²) in [6.45, 7) is 3.25. The number of para-hydroxylation sites is 1. The third kappa shape index (κ3) is 3.10. The number of guanidine groups is 1. The van der Waals surface area contributed by atoms with E-state index in [1.54, 1.807) is 44.2 Å². The topological polar surface area (TPSA) is 71.0 Å². The average Bonchev–Trinajstić information content (AvgIpc) is 2.57. The molecule has 1 aliphatic rings. The van der Waals surface area contributed by atoms with Crippen LogP contribution in [0.25, 0.3) is 0 Å². The molecule has 1 N–H and O–H groups in total. The van der Waals surface area contributed by atoms with E-state index in [4.69, 9.17) is 4.74 Å². The van der Waals surface area contributed by atoms with E-state index in [9.17, 15) is 12.8 Å². The van der Waals surface area contributed by atoms with Gasteiger partial charge in [-0.25, -0.2) is 22.1 Å². The zero-order valence-corrected chi connectivity index (χ0v) is 14.8. The Hall–Kier alpha value is -2.45. The number of rotatable bonds is 3. The van der Waals surface area contributed by atoms with Gasteiger partial charge in [0, 0.05) is 12.8 Å². The van der Waals surface area contributed by atoms with E-state index in [2.05, 4.69) is 10.3 Å². The molecule has 0 saturated heterocycles. The van der Waals surface area contributed by atoms with Crippen LogP contribution in [0.4, 0.5) is 15.8 Å². The van der Waals surface area contributed by atoms with Crippen molar-refractivity contribution in [2.75, 3.05) is 12.4 Å². The number of nitrogens with one attached hydrogen (secondary N) is 1. The van der Waals surface area contributed by atoms with Gasteiger partial charge in [-0.1, -0.05) is 18.2 Å². The van der Waals surface area contributed by atoms with E-state index >= 15 is 0 Å². The number of halogens is 1. The van der Waals surface area contributed by atoms with Crippen LogP contribution in [-0.2, 0) is 14.8 Å². The number of sulfonamides is 1. The number of aliphatic imine (C=N–C) groups is 1. The second-order valence-electron chi connectivity index (χ2n) is 5.63. The molecule has 1 unspecified atom stereocenters. The SMILES string of the molecule is COC(C)N1C(Nc2ccc(C)c(F)c2)=Nc2ccccc2S1(=O)=O. The van der Waals surface area contributed by atoms with E-state index in [1.165, 1.54) is 19.2 Å². The van der Waals surface area contributed by atoms with Crippen LogP contribution in [0.2, 0.25) is 0 Å². The number of hydrogen-bond acceptors (Lipinski definition) is 5. The van der Waals surface area contributed by atoms with Crippen molar-refractivity contribution in [3.05, 3.63) is 53.8 Å². The molecule has 0 bridgehead atoms. The highest BCUT2D eigenvalue weighted by Gasteiger charge is 2.37. The molecule has 0 aliphatic carbocycles. The summed E-state index contributed by atoms with van der Waals surface area (Å²) in [6.07, 6.45) is -0.792. The lowest BCUT2D eigenvalue weighted by Gasteiger charge is -2.33. The summed E-state index contributed by atoms with van der Waals surface area (Å²) in [6, 6.07) is 11.0. The number of ether oxygens (including phenoxy) is 1. The summed E-state index contributed by atoms with van der Waals surface area (Å²) in [4.78, 5) is 4.49. The van der Waals surface area contributed by atoms with E-state index in [0.29, 0.717) is 16.9 Å². The van der Waals surface area contributed by atoms with E-state index in [0.717, 1.165) is 4.31 Å². The Bertz CT molecular complexity index is 944. The van der Waals surface area contributed by atoms with Crippen LogP contribution in [0.3, 0.4) is 0 Å². The zero-order valence-electron chi connectivity index (χ0n) is 14.0. The van der Waals surface area contributed by atoms with E-state index in [-0.39, 0.29) is 10.9 Å². The number of hydrogen-bond donors (Lipinski definition) is 1. The molecule has 0 fully saturated rings. The van der Waals surface area contributed by atoms with E-state index in [1.807, 2.05) is 0 Å². The van der Waals surface area contributed by atoms with Crippen molar-refractivity contribution >= 4 is 27.4 Å². The molecule has 3 rings (SSSR count). The molecule has 6 nitrogen and oxygen atoms in total. The molecule has 2 aromatic rings. The second-order valence-corrected chi connectivity index (χ2v) is 7.41. The van der Waals surface area contributed by atoms with Gasteiger partial charge in [0.05, 0.1) is 5.69 Å². The molecular formula is C17H18FN3O3S. The first-order valence-electron chi connectivity index (χ1n) is 7.62. The van der Waals surface area contributed by atoms with Crippen molar-refractivity contribution in [1.29, 1.82) is 0 Å². The predicted molar refractivity (Wildman–Crippen MR) is 93.8 cm³/mol. The van der Waals surface area contributed by atoms with Gasteiger partial charge in [0.15, 0.2) is 0 Å². The molecular weight excluding hydrogens is 345 g/mol. The third-order valence-corrected chi connectivity index (χ3v) is 5.83. The minimum absolute atomic E-state index is 0.0521. The van der Waals surface area contributed by atoms with Crippen molar-refractivity contribution in [3.8, 4) is 0 Å². The van der Waals surface area contributed by atoms with Crippen LogP contribution in [0.1, 0.15) is 12.5 Å². The molecule has 0 spiro atoms. The number of fused-ring (bicyclic) bond motifs is 1. The first-order chi connectivity index (χ1) is 11.8. The van der Waals surface area contributed by atoms with Gasteiger partial charge in [-0.15, -0.1) is 0 Å². The molecule has 1 aliphatic heterocycles. The highest BCUT2D eigenvalue weighted by atomic mass is 32.2. The number of benzene rings is 2. The van der Waals surface area contributed by atoms with Gasteiger partial charge in [-0.3, -0.25) is 0 Å². The fraction of sp³-hybridized carbons (Fsp3) is 0.235. The molecule has 0 aromatic heterocycles. The Kier molecular flexibility index (Phi) is 4.49. The van der Waals surface area contributed by atoms with Gasteiger partial charge in [0.25, 0.3) is 10.0 Å². The minimum atomic E-state index is -3.86. The Morgan fingerprint density at radius 1 is 1.24 bits per heavy atom. The maximum Gasteiger partial charge on any atom is 0.270 e. The molecule has 0 saturated carbocycles. The summed E-state index contributed by atoms with van der Waals surface area (Å²) in [7, 11) is -2.45. The van der Waals surface area contributed by atoms with Crippen LogP contribution in [0.15, 0.2) is 52.4 Å². The Labute approximate surface area is 146 Å². The fourth-order valence-corrected chi connectivity index (χ4v) is 4.13. The van der Waals surface area contributed by atoms with Crippen molar-refractivity contribution in [2.24, 2.45) is 4.99 Å². The van der Waals surface area contributed by atoms with Crippen molar-refractivity contribution in [1.82, 2.24) is 4.31 Å². The molecule has 2 aromatic carbocycles. The lowest BCUT2D eigenvalue weighted by Crippen LogP contribution is -2.48. The van der Waals surface area contributed by atoms with Crippen LogP contribution < -0.4 is 5.32 Å². The van der Waals surface area contributed by atoms with Crippen LogP contribution >= 0.6 is 0 Å². The third-order valence-electron chi connectivity index (χ3n) is 3.94. The maximum atomic E-state index is 13.8. The predicted octanol–water partition coefficient (Wildman–Crippen LogP) is 3.23. The number of aryl methyl sites for hydroxylation is 1. The van der Waals surface area contributed by atoms with Gasteiger partial charge in [0.1, 0.15) is 16.9 Å². The normalized spacial score (nSPS) is 16.8. The average molecular weight is 363 g/mol. The summed E-state index contributed by atoms with van der Waals surface area (Å²) < 4.78 is 46.0. The van der Waals surface area contributed by atoms with Crippen LogP contribution in [-0.4, -0.2) is 32.0 Å². The molecule has 0 amide bonds. The lowest BCUT2D eigenvalue weighted by atomic mass is 10.2. The van der Waals surface area contributed by atoms with Gasteiger partial charge in [0.2, 0.25) is 5.96 Å². The van der Waals surface area contributed by atoms with Crippen molar-refractivity contribution in [3.63, 3.8) is 0 Å². The number of methoxy groups -OCH3 is 1. The van der Waals surface area contributed by atoms with E-state index < -0.39 is 22.1 Å². The van der Waals surface area contributed by atoms with Gasteiger partial charge in [-0.05, 0) is 43.7 Å². The Balaban J connectivity index is 2.11. The van der Waals surface area contributed by atoms with Crippen LogP contribution in [0.5, 0.6) is 0 Å². The van der Waals surface area contributed by atoms with Gasteiger partial charge in [-0.2, -0.15) is 0 Å². The highest BCUT2D eigenvalue weighted by molar-refractivity contribution is 7.90. The number of nitrogens with zero attached hydrogens (tertiary/aromatic N) is 2. The molecule has 25 heavy (non-hydrogen) atoms. The lowest BCUT2D eigenvalue weighted by molar-refractivity contribution is 0.0605. The first-order valence-corrected chi connectivity index (χ1v) is 9.06. The fourth-order valence-electron chi connectivity index (χ4n) is 2.50. The largest absolute Gasteiger partial charge is 0.361 e. The zero-order chi connectivity index (χ0) is 18.2. The first kappa shape index (κ1) is 17.4. The summed E-state index contributed by atoms with van der Waals surface area (Å²) >= 11 is 0. The summed E-state index contributed by atoms with van der Waals surface area (Å²) in [5, 5.41) is 2.89. The van der Waals surface area contributed by atoms with Crippen molar-refractivity contribution in [2.45, 2.75) is 25.0 Å². The van der Waals surface area contributed by atoms with Crippen molar-refractivity contribution < 1.29 is 17.5 Å². The summed E-state index contributed by atoms with van der Waals surface area (Å²) in [5.41, 5.74) is 1.21. The molecule has 132 valence electrons. The Morgan fingerprint density at radius 2 is 1.96 bits per heavy atom. The molecule has 8 heteroatoms. The smallest absolute Gasteiger partial charge is 0.270 e. The van der Waals surface area contributed by atoms with Gasteiger partial charge >= 0.3 is 0 Å². The summed E-state index contributed by atoms with van der Waals surface area (Å²) in [5.74, 6) is -0.340. The minimum Gasteiger partial charge on any atom is -0.361 e. The van der Waals surface area contributed by atoms with Crippen LogP contribution in [0, 0.1) is 12.7 Å². The second kappa shape index (κ2) is 6.45. The molecule has 1 heterocycles. The number of anilines is 1. The Morgan fingerprint density at radius 3 is 2.64 bits per heavy atom. The highest BCUT2D eigenvalue weighted by Crippen LogP contribution is 2.33. The van der Waals surface area contributed by atoms with Gasteiger partial charge < -0.3 is 10.1 Å². The molecule has 1 atom stereocenters. The maximum absolute atomic E-state index is 13.8. The molecule has 0 radical (unpaired) electrons. The quantitative estimate of drug-likeness (QED) is 0.909.